The number of unbranched alkanes of at least 4 members (excludes halogenated alkanes) is 14. The minimum Gasteiger partial charge on any atom is -0.590 e. The fourth-order valence-electron chi connectivity index (χ4n) is 4.47. The van der Waals surface area contributed by atoms with E-state index in [-0.39, 0.29) is 0 Å². The van der Waals surface area contributed by atoms with Gasteiger partial charge in [-0.1, -0.05) is 108 Å². The predicted molar refractivity (Wildman–Crippen MR) is 132 cm³/mol. The lowest BCUT2D eigenvalue weighted by molar-refractivity contribution is -0.910. The number of hydrogen-bond acceptors (Lipinski definition) is 2. The quantitative estimate of drug-likeness (QED) is 0.0779. The fourth-order valence-corrected chi connectivity index (χ4v) is 5.56. The summed E-state index contributed by atoms with van der Waals surface area (Å²) in [6.45, 7) is 4.28. The van der Waals surface area contributed by atoms with E-state index in [1.54, 1.807) is 0 Å². The van der Waals surface area contributed by atoms with Crippen molar-refractivity contribution in [2.75, 3.05) is 21.1 Å². The molecule has 4 heteroatoms. The smallest absolute Gasteiger partial charge is 0.376 e. The van der Waals surface area contributed by atoms with Gasteiger partial charge in [-0.3, -0.25) is 4.48 Å². The van der Waals surface area contributed by atoms with Crippen LogP contribution < -0.4 is 4.89 Å². The molecular weight excluding hydrogens is 389 g/mol. The molecule has 178 valence electrons. The lowest BCUT2D eigenvalue weighted by atomic mass is 10.0. The maximum Gasteiger partial charge on any atom is 0.376 e. The van der Waals surface area contributed by atoms with Crippen molar-refractivity contribution < 1.29 is 13.9 Å². The molecule has 0 fully saturated rings. The Bertz CT molecular complexity index is 445. The van der Waals surface area contributed by atoms with Crippen molar-refractivity contribution in [3.63, 3.8) is 0 Å². The van der Waals surface area contributed by atoms with Crippen molar-refractivity contribution in [1.82, 2.24) is 0 Å². The molecule has 0 radical (unpaired) electrons. The zero-order valence-corrected chi connectivity index (χ0v) is 22.0. The van der Waals surface area contributed by atoms with E-state index in [0.717, 1.165) is 19.3 Å². The van der Waals surface area contributed by atoms with Gasteiger partial charge in [0.2, 0.25) is 0 Å². The normalized spacial score (nSPS) is 14.9. The summed E-state index contributed by atoms with van der Waals surface area (Å²) in [5.74, 6) is 0. The predicted octanol–water partition coefficient (Wildman–Crippen LogP) is 8.11. The number of quaternary nitrogens is 1. The SMILES string of the molecule is CCCCCCCCCCCCCCC/C=C\CCCC(CC)([P+](=O)[O-])[N+](C)(C)C. The summed E-state index contributed by atoms with van der Waals surface area (Å²) in [6, 6.07) is 0. The summed E-state index contributed by atoms with van der Waals surface area (Å²) in [7, 11) is 3.56. The number of rotatable bonds is 21. The molecule has 30 heavy (non-hydrogen) atoms. The highest BCUT2D eigenvalue weighted by Gasteiger charge is 2.52. The average molecular weight is 443 g/mol. The van der Waals surface area contributed by atoms with Crippen molar-refractivity contribution in [2.24, 2.45) is 0 Å². The third-order valence-electron chi connectivity index (χ3n) is 6.74. The molecule has 0 saturated carbocycles. The summed E-state index contributed by atoms with van der Waals surface area (Å²) in [5.41, 5.74) is 0. The van der Waals surface area contributed by atoms with Crippen LogP contribution in [-0.4, -0.2) is 30.9 Å². The van der Waals surface area contributed by atoms with E-state index in [0.29, 0.717) is 10.9 Å². The van der Waals surface area contributed by atoms with Crippen LogP contribution in [0.4, 0.5) is 0 Å². The molecule has 0 rings (SSSR count). The Morgan fingerprint density at radius 2 is 1.10 bits per heavy atom. The largest absolute Gasteiger partial charge is 0.590 e. The van der Waals surface area contributed by atoms with Crippen LogP contribution in [0.15, 0.2) is 12.2 Å². The summed E-state index contributed by atoms with van der Waals surface area (Å²) < 4.78 is 12.4. The molecule has 0 aromatic rings. The van der Waals surface area contributed by atoms with Crippen LogP contribution in [0.5, 0.6) is 0 Å². The molecule has 0 aliphatic carbocycles. The third-order valence-corrected chi connectivity index (χ3v) is 8.56. The standard InChI is InChI=1S/C26H53NO2P/c1-6-8-9-10-11-12-13-14-15-16-17-18-19-20-21-22-23-24-25-26(7-2,30(28)29)27(3,4)5/h21-22H,6-20,23-25H2,1-5H3/q+1/b22-21-. The molecule has 0 aromatic heterocycles. The second kappa shape index (κ2) is 18.3. The maximum absolute atomic E-state index is 11.9. The number of allylic oxidation sites excluding steroid dienone is 2. The molecule has 3 nitrogen and oxygen atoms in total. The topological polar surface area (TPSA) is 40.1 Å². The monoisotopic (exact) mass is 442 g/mol. The lowest BCUT2D eigenvalue weighted by Gasteiger charge is -2.39. The maximum atomic E-state index is 11.9. The second-order valence-electron chi connectivity index (χ2n) is 10.0. The first-order valence-corrected chi connectivity index (χ1v) is 14.1. The Kier molecular flexibility index (Phi) is 18.2. The van der Waals surface area contributed by atoms with Crippen LogP contribution in [0.3, 0.4) is 0 Å². The molecular formula is C26H53NO2P+. The van der Waals surface area contributed by atoms with E-state index < -0.39 is 13.3 Å². The fraction of sp³-hybridized carbons (Fsp3) is 0.923. The molecule has 0 aromatic carbocycles. The average Bonchev–Trinajstić information content (AvgIpc) is 2.68. The Morgan fingerprint density at radius 1 is 0.700 bits per heavy atom. The first kappa shape index (κ1) is 29.8. The molecule has 0 amide bonds. The van der Waals surface area contributed by atoms with Gasteiger partial charge in [0.25, 0.3) is 5.28 Å². The highest BCUT2D eigenvalue weighted by Crippen LogP contribution is 2.44. The van der Waals surface area contributed by atoms with Gasteiger partial charge in [0.15, 0.2) is 0 Å². The molecule has 0 spiro atoms. The highest BCUT2D eigenvalue weighted by atomic mass is 31.1. The zero-order valence-electron chi connectivity index (χ0n) is 21.1. The third kappa shape index (κ3) is 13.2. The Hall–Kier alpha value is -0.240. The van der Waals surface area contributed by atoms with Crippen molar-refractivity contribution in [2.45, 2.75) is 135 Å². The van der Waals surface area contributed by atoms with E-state index >= 15 is 0 Å². The van der Waals surface area contributed by atoms with Crippen LogP contribution in [0.25, 0.3) is 0 Å². The van der Waals surface area contributed by atoms with E-state index in [1.165, 1.54) is 89.9 Å². The van der Waals surface area contributed by atoms with Gasteiger partial charge in [0, 0.05) is 12.8 Å². The Morgan fingerprint density at radius 3 is 1.47 bits per heavy atom. The van der Waals surface area contributed by atoms with Crippen molar-refractivity contribution in [3.05, 3.63) is 12.2 Å². The lowest BCUT2D eigenvalue weighted by Crippen LogP contribution is -2.55. The molecule has 0 aliphatic heterocycles. The van der Waals surface area contributed by atoms with Gasteiger partial charge in [-0.05, 0) is 25.7 Å². The van der Waals surface area contributed by atoms with Gasteiger partial charge in [-0.2, -0.15) is 0 Å². The molecule has 0 bridgehead atoms. The summed E-state index contributed by atoms with van der Waals surface area (Å²) in [4.78, 5) is 11.9. The highest BCUT2D eigenvalue weighted by molar-refractivity contribution is 7.38. The van der Waals surface area contributed by atoms with Gasteiger partial charge in [-0.15, -0.1) is 0 Å². The van der Waals surface area contributed by atoms with E-state index in [9.17, 15) is 9.46 Å². The minimum absolute atomic E-state index is 0.491. The van der Waals surface area contributed by atoms with Gasteiger partial charge < -0.3 is 4.89 Å². The van der Waals surface area contributed by atoms with E-state index in [1.807, 2.05) is 28.1 Å². The first-order valence-electron chi connectivity index (χ1n) is 12.9. The van der Waals surface area contributed by atoms with Crippen LogP contribution >= 0.6 is 8.03 Å². The number of nitrogens with zero attached hydrogens (tertiary/aromatic N) is 1. The first-order chi connectivity index (χ1) is 14.3. The molecule has 2 unspecified atom stereocenters. The molecule has 0 saturated heterocycles. The van der Waals surface area contributed by atoms with Crippen LogP contribution in [0.1, 0.15) is 129 Å². The van der Waals surface area contributed by atoms with Gasteiger partial charge >= 0.3 is 8.03 Å². The van der Waals surface area contributed by atoms with Crippen molar-refractivity contribution >= 4 is 8.03 Å². The van der Waals surface area contributed by atoms with Gasteiger partial charge in [0.05, 0.1) is 21.1 Å². The Labute approximate surface area is 190 Å². The number of hydrogen-bond donors (Lipinski definition) is 0. The van der Waals surface area contributed by atoms with Crippen LogP contribution in [0.2, 0.25) is 0 Å². The van der Waals surface area contributed by atoms with Crippen LogP contribution in [0, 0.1) is 0 Å². The summed E-state index contributed by atoms with van der Waals surface area (Å²) in [5, 5.41) is -0.627. The van der Waals surface area contributed by atoms with Gasteiger partial charge in [-0.25, -0.2) is 0 Å². The van der Waals surface area contributed by atoms with Crippen molar-refractivity contribution in [3.8, 4) is 0 Å². The molecule has 2 atom stereocenters. The van der Waals surface area contributed by atoms with Gasteiger partial charge in [0.1, 0.15) is 0 Å². The Balaban J connectivity index is 3.61. The van der Waals surface area contributed by atoms with Crippen molar-refractivity contribution in [1.29, 1.82) is 0 Å². The minimum atomic E-state index is -2.43. The van der Waals surface area contributed by atoms with E-state index in [4.69, 9.17) is 0 Å². The second-order valence-corrected chi connectivity index (χ2v) is 11.3. The summed E-state index contributed by atoms with van der Waals surface area (Å²) >= 11 is 0. The van der Waals surface area contributed by atoms with E-state index in [2.05, 4.69) is 19.1 Å². The van der Waals surface area contributed by atoms with Crippen LogP contribution in [-0.2, 0) is 4.57 Å². The molecule has 0 N–H and O–H groups in total. The molecule has 0 aliphatic rings. The molecule has 0 heterocycles. The summed E-state index contributed by atoms with van der Waals surface area (Å²) in [6.07, 6.45) is 27.3. The zero-order chi connectivity index (χ0) is 22.7.